The number of hydrogen-bond donors (Lipinski definition) is 1. The predicted octanol–water partition coefficient (Wildman–Crippen LogP) is 0.912. The summed E-state index contributed by atoms with van der Waals surface area (Å²) < 4.78 is 9.33. The molecule has 1 aliphatic heterocycles. The van der Waals surface area contributed by atoms with Gasteiger partial charge in [-0.3, -0.25) is 4.90 Å². The number of aryl methyl sites for hydroxylation is 1. The third-order valence-corrected chi connectivity index (χ3v) is 3.95. The summed E-state index contributed by atoms with van der Waals surface area (Å²) in [5.74, 6) is 0. The van der Waals surface area contributed by atoms with Crippen LogP contribution in [0.2, 0.25) is 0 Å². The van der Waals surface area contributed by atoms with Gasteiger partial charge in [0.25, 0.3) is 0 Å². The van der Waals surface area contributed by atoms with Crippen LogP contribution < -0.4 is 5.32 Å². The summed E-state index contributed by atoms with van der Waals surface area (Å²) in [5.41, 5.74) is 1.14. The number of ether oxygens (including phenoxy) is 1. The minimum absolute atomic E-state index is 0.889. The van der Waals surface area contributed by atoms with Crippen molar-refractivity contribution in [1.29, 1.82) is 0 Å². The maximum Gasteiger partial charge on any atom is 0.0797 e. The Morgan fingerprint density at radius 2 is 2.22 bits per heavy atom. The number of nitrogens with one attached hydrogen (secondary N) is 1. The van der Waals surface area contributed by atoms with Crippen LogP contribution in [0, 0.1) is 0 Å². The van der Waals surface area contributed by atoms with Crippen molar-refractivity contribution in [2.75, 3.05) is 39.4 Å². The van der Waals surface area contributed by atoms with Crippen LogP contribution >= 0.6 is 11.5 Å². The molecule has 2 heterocycles. The Balaban J connectivity index is 1.55. The molecule has 1 fully saturated rings. The highest BCUT2D eigenvalue weighted by molar-refractivity contribution is 7.05. The first-order valence-electron chi connectivity index (χ1n) is 6.71. The predicted molar refractivity (Wildman–Crippen MR) is 72.9 cm³/mol. The van der Waals surface area contributed by atoms with Gasteiger partial charge in [0.1, 0.15) is 0 Å². The number of morpholine rings is 1. The Hall–Kier alpha value is -0.560. The molecule has 1 aromatic heterocycles. The van der Waals surface area contributed by atoms with E-state index in [0.29, 0.717) is 0 Å². The zero-order valence-electron chi connectivity index (χ0n) is 11.0. The van der Waals surface area contributed by atoms with Gasteiger partial charge in [0.15, 0.2) is 0 Å². The summed E-state index contributed by atoms with van der Waals surface area (Å²) in [7, 11) is 0. The summed E-state index contributed by atoms with van der Waals surface area (Å²) in [6.45, 7) is 9.19. The van der Waals surface area contributed by atoms with Crippen LogP contribution in [-0.4, -0.2) is 53.9 Å². The molecule has 18 heavy (non-hydrogen) atoms. The first-order chi connectivity index (χ1) is 8.90. The van der Waals surface area contributed by atoms with E-state index in [-0.39, 0.29) is 0 Å². The van der Waals surface area contributed by atoms with Gasteiger partial charge in [-0.25, -0.2) is 0 Å². The van der Waals surface area contributed by atoms with E-state index in [4.69, 9.17) is 4.74 Å². The standard InChI is InChI=1S/C12H22N4OS/c1-2-11-12(18-15-14-11)10-13-4-3-5-16-6-8-17-9-7-16/h13H,2-10H2,1H3. The van der Waals surface area contributed by atoms with Crippen LogP contribution in [-0.2, 0) is 17.7 Å². The highest BCUT2D eigenvalue weighted by Gasteiger charge is 2.09. The largest absolute Gasteiger partial charge is 0.379 e. The summed E-state index contributed by atoms with van der Waals surface area (Å²) in [6, 6.07) is 0. The minimum Gasteiger partial charge on any atom is -0.379 e. The maximum absolute atomic E-state index is 5.33. The molecule has 102 valence electrons. The van der Waals surface area contributed by atoms with E-state index < -0.39 is 0 Å². The van der Waals surface area contributed by atoms with Crippen molar-refractivity contribution in [3.8, 4) is 0 Å². The van der Waals surface area contributed by atoms with Crippen molar-refractivity contribution < 1.29 is 4.74 Å². The number of nitrogens with zero attached hydrogens (tertiary/aromatic N) is 3. The van der Waals surface area contributed by atoms with Gasteiger partial charge in [0.2, 0.25) is 0 Å². The van der Waals surface area contributed by atoms with Gasteiger partial charge in [-0.1, -0.05) is 11.4 Å². The molecule has 1 N–H and O–H groups in total. The molecular weight excluding hydrogens is 248 g/mol. The summed E-state index contributed by atoms with van der Waals surface area (Å²) in [5, 5.41) is 7.59. The van der Waals surface area contributed by atoms with Gasteiger partial charge < -0.3 is 10.1 Å². The molecule has 1 aromatic rings. The lowest BCUT2D eigenvalue weighted by Crippen LogP contribution is -2.37. The summed E-state index contributed by atoms with van der Waals surface area (Å²) in [4.78, 5) is 3.75. The van der Waals surface area contributed by atoms with Gasteiger partial charge in [0.05, 0.1) is 23.8 Å². The summed E-state index contributed by atoms with van der Waals surface area (Å²) >= 11 is 1.51. The molecule has 0 amide bonds. The zero-order valence-corrected chi connectivity index (χ0v) is 11.8. The van der Waals surface area contributed by atoms with Crippen molar-refractivity contribution >= 4 is 11.5 Å². The van der Waals surface area contributed by atoms with Crippen LogP contribution in [0.15, 0.2) is 0 Å². The van der Waals surface area contributed by atoms with E-state index in [1.54, 1.807) is 0 Å². The fraction of sp³-hybridized carbons (Fsp3) is 0.833. The van der Waals surface area contributed by atoms with Gasteiger partial charge >= 0.3 is 0 Å². The Labute approximate surface area is 113 Å². The van der Waals surface area contributed by atoms with E-state index in [9.17, 15) is 0 Å². The molecule has 2 rings (SSSR count). The highest BCUT2D eigenvalue weighted by atomic mass is 32.1. The van der Waals surface area contributed by atoms with Crippen molar-refractivity contribution in [3.05, 3.63) is 10.6 Å². The van der Waals surface area contributed by atoms with Crippen LogP contribution in [0.25, 0.3) is 0 Å². The molecule has 0 bridgehead atoms. The van der Waals surface area contributed by atoms with E-state index in [0.717, 1.165) is 58.1 Å². The molecule has 0 atom stereocenters. The molecule has 0 aliphatic carbocycles. The van der Waals surface area contributed by atoms with Crippen LogP contribution in [0.3, 0.4) is 0 Å². The van der Waals surface area contributed by atoms with E-state index in [2.05, 4.69) is 26.7 Å². The molecule has 0 unspecified atom stereocenters. The van der Waals surface area contributed by atoms with Gasteiger partial charge in [0, 0.05) is 19.6 Å². The molecular formula is C12H22N4OS. The minimum atomic E-state index is 0.889. The first kappa shape index (κ1) is 13.9. The molecule has 0 spiro atoms. The second kappa shape index (κ2) is 7.78. The molecule has 0 radical (unpaired) electrons. The van der Waals surface area contributed by atoms with Crippen molar-refractivity contribution in [2.45, 2.75) is 26.3 Å². The van der Waals surface area contributed by atoms with Crippen molar-refractivity contribution in [3.63, 3.8) is 0 Å². The van der Waals surface area contributed by atoms with E-state index in [1.807, 2.05) is 0 Å². The van der Waals surface area contributed by atoms with E-state index >= 15 is 0 Å². The molecule has 5 nitrogen and oxygen atoms in total. The fourth-order valence-electron chi connectivity index (χ4n) is 2.08. The molecule has 0 saturated carbocycles. The Morgan fingerprint density at radius 3 is 3.00 bits per heavy atom. The Bertz CT molecular complexity index is 339. The fourth-order valence-corrected chi connectivity index (χ4v) is 2.78. The number of hydrogen-bond acceptors (Lipinski definition) is 6. The number of rotatable bonds is 7. The average Bonchev–Trinajstić information content (AvgIpc) is 2.87. The lowest BCUT2D eigenvalue weighted by Gasteiger charge is -2.26. The molecule has 1 saturated heterocycles. The monoisotopic (exact) mass is 270 g/mol. The lowest BCUT2D eigenvalue weighted by atomic mass is 10.3. The molecule has 0 aromatic carbocycles. The first-order valence-corrected chi connectivity index (χ1v) is 7.48. The van der Waals surface area contributed by atoms with Crippen LogP contribution in [0.4, 0.5) is 0 Å². The van der Waals surface area contributed by atoms with Crippen molar-refractivity contribution in [2.24, 2.45) is 0 Å². The quantitative estimate of drug-likeness (QED) is 0.747. The third-order valence-electron chi connectivity index (χ3n) is 3.19. The molecule has 6 heteroatoms. The third kappa shape index (κ3) is 4.28. The lowest BCUT2D eigenvalue weighted by molar-refractivity contribution is 0.0374. The van der Waals surface area contributed by atoms with Crippen molar-refractivity contribution in [1.82, 2.24) is 19.8 Å². The number of aromatic nitrogens is 2. The van der Waals surface area contributed by atoms with Crippen LogP contribution in [0.5, 0.6) is 0 Å². The average molecular weight is 270 g/mol. The van der Waals surface area contributed by atoms with E-state index in [1.165, 1.54) is 22.8 Å². The van der Waals surface area contributed by atoms with Gasteiger partial charge in [-0.05, 0) is 37.5 Å². The van der Waals surface area contributed by atoms with Gasteiger partial charge in [-0.15, -0.1) is 5.10 Å². The highest BCUT2D eigenvalue weighted by Crippen LogP contribution is 2.10. The molecule has 1 aliphatic rings. The second-order valence-corrected chi connectivity index (χ2v) is 5.32. The summed E-state index contributed by atoms with van der Waals surface area (Å²) in [6.07, 6.45) is 2.16. The topological polar surface area (TPSA) is 50.3 Å². The van der Waals surface area contributed by atoms with Crippen LogP contribution in [0.1, 0.15) is 23.9 Å². The maximum atomic E-state index is 5.33. The normalized spacial score (nSPS) is 17.2. The SMILES string of the molecule is CCc1nnsc1CNCCCN1CCOCC1. The second-order valence-electron chi connectivity index (χ2n) is 4.48. The van der Waals surface area contributed by atoms with Gasteiger partial charge in [-0.2, -0.15) is 0 Å². The Morgan fingerprint density at radius 1 is 1.39 bits per heavy atom. The Kier molecular flexibility index (Phi) is 5.99. The zero-order chi connectivity index (χ0) is 12.6. The smallest absolute Gasteiger partial charge is 0.0797 e.